The highest BCUT2D eigenvalue weighted by atomic mass is 79.9. The maximum atomic E-state index is 6.62. The normalized spacial score (nSPS) is 10.7. The summed E-state index contributed by atoms with van der Waals surface area (Å²) in [5, 5.41) is 0.753. The van der Waals surface area contributed by atoms with E-state index in [4.69, 9.17) is 11.6 Å². The number of rotatable bonds is 2. The number of aryl methyl sites for hydroxylation is 2. The van der Waals surface area contributed by atoms with Gasteiger partial charge in [0.2, 0.25) is 0 Å². The quantitative estimate of drug-likeness (QED) is 0.452. The standard InChI is InChI=1S/C20H16BrCl/c1-13-6-8-15(9-7-13)18-11-10-17(19(21)20(18)22)16-5-3-4-14(2)12-16/h3-12H,1-2H3. The first-order chi connectivity index (χ1) is 10.6. The van der Waals surface area contributed by atoms with Crippen LogP contribution in [0.1, 0.15) is 11.1 Å². The first-order valence-corrected chi connectivity index (χ1v) is 8.35. The fourth-order valence-electron chi connectivity index (χ4n) is 2.54. The summed E-state index contributed by atoms with van der Waals surface area (Å²) in [6.07, 6.45) is 0. The summed E-state index contributed by atoms with van der Waals surface area (Å²) in [4.78, 5) is 0. The van der Waals surface area contributed by atoms with Crippen molar-refractivity contribution < 1.29 is 0 Å². The number of hydrogen-bond donors (Lipinski definition) is 0. The van der Waals surface area contributed by atoms with Crippen LogP contribution in [-0.4, -0.2) is 0 Å². The van der Waals surface area contributed by atoms with Gasteiger partial charge in [-0.15, -0.1) is 0 Å². The Kier molecular flexibility index (Phi) is 4.37. The Balaban J connectivity index is 2.11. The molecular weight excluding hydrogens is 356 g/mol. The summed E-state index contributed by atoms with van der Waals surface area (Å²) in [5.41, 5.74) is 6.95. The van der Waals surface area contributed by atoms with Gasteiger partial charge in [0.1, 0.15) is 0 Å². The van der Waals surface area contributed by atoms with E-state index in [9.17, 15) is 0 Å². The molecule has 0 aliphatic rings. The van der Waals surface area contributed by atoms with Crippen molar-refractivity contribution in [3.05, 3.63) is 81.3 Å². The van der Waals surface area contributed by atoms with Gasteiger partial charge in [-0.3, -0.25) is 0 Å². The van der Waals surface area contributed by atoms with E-state index in [1.54, 1.807) is 0 Å². The lowest BCUT2D eigenvalue weighted by Crippen LogP contribution is -1.87. The molecule has 0 fully saturated rings. The van der Waals surface area contributed by atoms with Crippen molar-refractivity contribution in [2.45, 2.75) is 13.8 Å². The van der Waals surface area contributed by atoms with Crippen LogP contribution in [0.4, 0.5) is 0 Å². The molecule has 3 aromatic rings. The van der Waals surface area contributed by atoms with E-state index in [2.05, 4.69) is 90.4 Å². The average Bonchev–Trinajstić information content (AvgIpc) is 2.51. The second-order valence-electron chi connectivity index (χ2n) is 5.52. The van der Waals surface area contributed by atoms with Gasteiger partial charge in [-0.1, -0.05) is 83.4 Å². The summed E-state index contributed by atoms with van der Waals surface area (Å²) >= 11 is 10.3. The first-order valence-electron chi connectivity index (χ1n) is 7.18. The minimum absolute atomic E-state index is 0.753. The van der Waals surface area contributed by atoms with E-state index in [-0.39, 0.29) is 0 Å². The molecule has 0 spiro atoms. The van der Waals surface area contributed by atoms with Crippen molar-refractivity contribution in [1.82, 2.24) is 0 Å². The Morgan fingerprint density at radius 1 is 0.727 bits per heavy atom. The lowest BCUT2D eigenvalue weighted by Gasteiger charge is -2.12. The van der Waals surface area contributed by atoms with Crippen molar-refractivity contribution in [3.8, 4) is 22.3 Å². The smallest absolute Gasteiger partial charge is 0.0632 e. The molecular formula is C20H16BrCl. The molecule has 0 unspecified atom stereocenters. The molecule has 0 nitrogen and oxygen atoms in total. The van der Waals surface area contributed by atoms with Crippen LogP contribution in [0.2, 0.25) is 5.02 Å². The molecule has 0 aromatic heterocycles. The van der Waals surface area contributed by atoms with Crippen molar-refractivity contribution in [3.63, 3.8) is 0 Å². The molecule has 2 heteroatoms. The Bertz CT molecular complexity index is 820. The zero-order valence-corrected chi connectivity index (χ0v) is 14.9. The fourth-order valence-corrected chi connectivity index (χ4v) is 3.39. The molecule has 0 bridgehead atoms. The molecule has 0 atom stereocenters. The van der Waals surface area contributed by atoms with Gasteiger partial charge >= 0.3 is 0 Å². The highest BCUT2D eigenvalue weighted by Gasteiger charge is 2.12. The van der Waals surface area contributed by atoms with E-state index < -0.39 is 0 Å². The minimum atomic E-state index is 0.753. The second-order valence-corrected chi connectivity index (χ2v) is 6.70. The molecule has 0 radical (unpaired) electrons. The Labute approximate surface area is 144 Å². The van der Waals surface area contributed by atoms with Crippen molar-refractivity contribution in [2.24, 2.45) is 0 Å². The molecule has 0 aliphatic heterocycles. The monoisotopic (exact) mass is 370 g/mol. The number of benzene rings is 3. The molecule has 110 valence electrons. The average molecular weight is 372 g/mol. The van der Waals surface area contributed by atoms with Gasteiger partial charge in [0, 0.05) is 10.0 Å². The van der Waals surface area contributed by atoms with Gasteiger partial charge in [-0.2, -0.15) is 0 Å². The molecule has 3 rings (SSSR count). The van der Waals surface area contributed by atoms with Gasteiger partial charge in [-0.25, -0.2) is 0 Å². The molecule has 0 amide bonds. The number of hydrogen-bond acceptors (Lipinski definition) is 0. The SMILES string of the molecule is Cc1ccc(-c2ccc(-c3cccc(C)c3)c(Br)c2Cl)cc1. The maximum Gasteiger partial charge on any atom is 0.0632 e. The third-order valence-corrected chi connectivity index (χ3v) is 5.22. The molecule has 0 heterocycles. The predicted molar refractivity (Wildman–Crippen MR) is 99.5 cm³/mol. The topological polar surface area (TPSA) is 0 Å². The summed E-state index contributed by atoms with van der Waals surface area (Å²) < 4.78 is 0.942. The molecule has 3 aromatic carbocycles. The van der Waals surface area contributed by atoms with Crippen LogP contribution < -0.4 is 0 Å². The Hall–Kier alpha value is -1.57. The molecule has 0 aliphatic carbocycles. The minimum Gasteiger partial charge on any atom is -0.0824 e. The van der Waals surface area contributed by atoms with Crippen LogP contribution in [0.25, 0.3) is 22.3 Å². The predicted octanol–water partition coefficient (Wildman–Crippen LogP) is 7.05. The van der Waals surface area contributed by atoms with Crippen LogP contribution in [0.3, 0.4) is 0 Å². The zero-order chi connectivity index (χ0) is 15.7. The molecule has 0 N–H and O–H groups in total. The van der Waals surface area contributed by atoms with Crippen LogP contribution >= 0.6 is 27.5 Å². The maximum absolute atomic E-state index is 6.62. The zero-order valence-electron chi connectivity index (χ0n) is 12.5. The molecule has 0 saturated carbocycles. The second kappa shape index (κ2) is 6.28. The van der Waals surface area contributed by atoms with E-state index in [0.717, 1.165) is 26.2 Å². The summed E-state index contributed by atoms with van der Waals surface area (Å²) in [5.74, 6) is 0. The van der Waals surface area contributed by atoms with Crippen LogP contribution in [0, 0.1) is 13.8 Å². The van der Waals surface area contributed by atoms with Gasteiger partial charge in [0.15, 0.2) is 0 Å². The fraction of sp³-hybridized carbons (Fsp3) is 0.100. The Morgan fingerprint density at radius 3 is 2.09 bits per heavy atom. The first kappa shape index (κ1) is 15.3. The van der Waals surface area contributed by atoms with E-state index in [0.29, 0.717) is 0 Å². The van der Waals surface area contributed by atoms with Crippen molar-refractivity contribution >= 4 is 27.5 Å². The van der Waals surface area contributed by atoms with Gasteiger partial charge < -0.3 is 0 Å². The molecule has 0 saturated heterocycles. The van der Waals surface area contributed by atoms with Crippen molar-refractivity contribution in [2.75, 3.05) is 0 Å². The third-order valence-electron chi connectivity index (χ3n) is 3.77. The van der Waals surface area contributed by atoms with E-state index >= 15 is 0 Å². The van der Waals surface area contributed by atoms with E-state index in [1.807, 2.05) is 0 Å². The molecule has 22 heavy (non-hydrogen) atoms. The van der Waals surface area contributed by atoms with Gasteiger partial charge in [-0.05, 0) is 46.5 Å². The van der Waals surface area contributed by atoms with Crippen LogP contribution in [0.15, 0.2) is 65.1 Å². The van der Waals surface area contributed by atoms with Crippen molar-refractivity contribution in [1.29, 1.82) is 0 Å². The third kappa shape index (κ3) is 2.97. The van der Waals surface area contributed by atoms with Gasteiger partial charge in [0.05, 0.1) is 5.02 Å². The highest BCUT2D eigenvalue weighted by Crippen LogP contribution is 2.40. The number of halogens is 2. The highest BCUT2D eigenvalue weighted by molar-refractivity contribution is 9.10. The summed E-state index contributed by atoms with van der Waals surface area (Å²) in [6.45, 7) is 4.18. The van der Waals surface area contributed by atoms with Gasteiger partial charge in [0.25, 0.3) is 0 Å². The summed E-state index contributed by atoms with van der Waals surface area (Å²) in [6, 6.07) is 21.1. The van der Waals surface area contributed by atoms with E-state index in [1.165, 1.54) is 16.7 Å². The van der Waals surface area contributed by atoms with Crippen LogP contribution in [-0.2, 0) is 0 Å². The largest absolute Gasteiger partial charge is 0.0824 e. The summed E-state index contributed by atoms with van der Waals surface area (Å²) in [7, 11) is 0. The lowest BCUT2D eigenvalue weighted by molar-refractivity contribution is 1.45. The lowest BCUT2D eigenvalue weighted by atomic mass is 9.99. The van der Waals surface area contributed by atoms with Crippen LogP contribution in [0.5, 0.6) is 0 Å². The Morgan fingerprint density at radius 2 is 1.41 bits per heavy atom.